The van der Waals surface area contributed by atoms with Crippen molar-refractivity contribution < 1.29 is 19.4 Å². The Hall–Kier alpha value is -2.59. The molecular formula is C24H33N3O4. The molecule has 7 nitrogen and oxygen atoms in total. The summed E-state index contributed by atoms with van der Waals surface area (Å²) in [4.78, 5) is 33.6. The second kappa shape index (κ2) is 10.1. The summed E-state index contributed by atoms with van der Waals surface area (Å²) in [5.41, 5.74) is 1.00. The third-order valence-corrected chi connectivity index (χ3v) is 5.89. The largest absolute Gasteiger partial charge is 0.472 e. The second-order valence-corrected chi connectivity index (χ2v) is 8.74. The first-order valence-electron chi connectivity index (χ1n) is 11.2. The summed E-state index contributed by atoms with van der Waals surface area (Å²) < 4.78 is 6.22. The Morgan fingerprint density at radius 3 is 2.84 bits per heavy atom. The number of aliphatic hydroxyl groups is 1. The van der Waals surface area contributed by atoms with E-state index in [2.05, 4.69) is 23.7 Å². The van der Waals surface area contributed by atoms with Gasteiger partial charge in [0.2, 0.25) is 11.8 Å². The van der Waals surface area contributed by atoms with Crippen molar-refractivity contribution in [2.45, 2.75) is 58.6 Å². The number of hydrogen-bond donors (Lipinski definition) is 1. The molecule has 0 spiro atoms. The third-order valence-electron chi connectivity index (χ3n) is 5.89. The molecule has 2 amide bonds. The van der Waals surface area contributed by atoms with Crippen LogP contribution in [0.15, 0.2) is 12.3 Å². The van der Waals surface area contributed by atoms with Gasteiger partial charge in [-0.2, -0.15) is 0 Å². The molecular weight excluding hydrogens is 394 g/mol. The molecule has 1 aromatic heterocycles. The molecule has 168 valence electrons. The first kappa shape index (κ1) is 23.1. The number of carbonyl (C=O) groups is 2. The summed E-state index contributed by atoms with van der Waals surface area (Å²) in [6.45, 7) is 6.59. The van der Waals surface area contributed by atoms with E-state index in [0.717, 1.165) is 25.7 Å². The molecule has 31 heavy (non-hydrogen) atoms. The number of likely N-dealkylation sites (N-methyl/N-ethyl adjacent to an activating group) is 1. The molecule has 3 rings (SSSR count). The van der Waals surface area contributed by atoms with E-state index in [-0.39, 0.29) is 48.3 Å². The Balaban J connectivity index is 1.93. The van der Waals surface area contributed by atoms with Gasteiger partial charge in [0, 0.05) is 43.6 Å². The number of ether oxygens (including phenoxy) is 1. The van der Waals surface area contributed by atoms with Gasteiger partial charge in [-0.05, 0) is 32.3 Å². The van der Waals surface area contributed by atoms with Crippen molar-refractivity contribution in [2.24, 2.45) is 11.8 Å². The van der Waals surface area contributed by atoms with Crippen LogP contribution in [0, 0.1) is 23.7 Å². The molecule has 1 aliphatic carbocycles. The molecule has 1 aromatic rings. The Kier molecular flexibility index (Phi) is 7.55. The van der Waals surface area contributed by atoms with Gasteiger partial charge in [0.05, 0.1) is 19.2 Å². The Morgan fingerprint density at radius 2 is 2.19 bits per heavy atom. The first-order chi connectivity index (χ1) is 14.8. The molecule has 1 saturated carbocycles. The Morgan fingerprint density at radius 1 is 1.45 bits per heavy atom. The molecule has 2 heterocycles. The van der Waals surface area contributed by atoms with Gasteiger partial charge in [0.25, 0.3) is 5.91 Å². The standard InChI is InChI=1S/C24H33N3O4/c1-5-6-7-8-18-11-20-22(25-12-18)31-21(14-26(4)23(29)19-9-10-19)16(2)13-27(24(20)30)17(3)15-28/h11-12,16-17,19,21,28H,5-6,9-10,13-15H2,1-4H3/t16-,17+,21+/m0/s1. The van der Waals surface area contributed by atoms with E-state index in [1.54, 1.807) is 29.1 Å². The SMILES string of the molecule is CCCC#Cc1cnc2c(c1)C(=O)N([C@H](C)CO)C[C@H](C)[C@@H](CN(C)C(=O)C1CC1)O2. The molecule has 0 bridgehead atoms. The van der Waals surface area contributed by atoms with Gasteiger partial charge in [-0.25, -0.2) is 4.98 Å². The van der Waals surface area contributed by atoms with E-state index in [0.29, 0.717) is 24.2 Å². The van der Waals surface area contributed by atoms with Crippen LogP contribution in [-0.2, 0) is 4.79 Å². The summed E-state index contributed by atoms with van der Waals surface area (Å²) in [6.07, 6.45) is 4.94. The number of nitrogens with zero attached hydrogens (tertiary/aromatic N) is 3. The van der Waals surface area contributed by atoms with Crippen LogP contribution in [0.2, 0.25) is 0 Å². The predicted molar refractivity (Wildman–Crippen MR) is 118 cm³/mol. The molecule has 1 fully saturated rings. The van der Waals surface area contributed by atoms with Gasteiger partial charge < -0.3 is 19.6 Å². The summed E-state index contributed by atoms with van der Waals surface area (Å²) in [5.74, 6) is 6.39. The maximum atomic E-state index is 13.3. The van der Waals surface area contributed by atoms with Crippen molar-refractivity contribution in [2.75, 3.05) is 26.7 Å². The number of aromatic nitrogens is 1. The highest BCUT2D eigenvalue weighted by Gasteiger charge is 2.37. The average molecular weight is 428 g/mol. The average Bonchev–Trinajstić information content (AvgIpc) is 3.61. The molecule has 1 aliphatic heterocycles. The molecule has 0 radical (unpaired) electrons. The minimum absolute atomic E-state index is 0.0497. The number of carbonyl (C=O) groups excluding carboxylic acids is 2. The zero-order valence-corrected chi connectivity index (χ0v) is 18.9. The molecule has 3 atom stereocenters. The number of unbranched alkanes of at least 4 members (excludes halogenated alkanes) is 1. The lowest BCUT2D eigenvalue weighted by atomic mass is 9.99. The van der Waals surface area contributed by atoms with Gasteiger partial charge >= 0.3 is 0 Å². The number of amides is 2. The van der Waals surface area contributed by atoms with Crippen LogP contribution in [0.4, 0.5) is 0 Å². The van der Waals surface area contributed by atoms with Crippen molar-refractivity contribution in [3.05, 3.63) is 23.4 Å². The number of pyridine rings is 1. The molecule has 0 aromatic carbocycles. The van der Waals surface area contributed by atoms with Crippen molar-refractivity contribution in [1.82, 2.24) is 14.8 Å². The van der Waals surface area contributed by atoms with Crippen LogP contribution in [0.1, 0.15) is 62.4 Å². The van der Waals surface area contributed by atoms with Gasteiger partial charge in [0.1, 0.15) is 11.7 Å². The van der Waals surface area contributed by atoms with Crippen LogP contribution in [0.5, 0.6) is 5.88 Å². The van der Waals surface area contributed by atoms with Crippen LogP contribution < -0.4 is 4.74 Å². The van der Waals surface area contributed by atoms with Gasteiger partial charge in [0.15, 0.2) is 0 Å². The summed E-state index contributed by atoms with van der Waals surface area (Å²) in [6, 6.07) is 1.37. The highest BCUT2D eigenvalue weighted by Crippen LogP contribution is 2.32. The normalized spacial score (nSPS) is 21.7. The van der Waals surface area contributed by atoms with Crippen molar-refractivity contribution in [3.63, 3.8) is 0 Å². The molecule has 7 heteroatoms. The topological polar surface area (TPSA) is 83.0 Å². The molecule has 1 N–H and O–H groups in total. The first-order valence-corrected chi connectivity index (χ1v) is 11.2. The fourth-order valence-corrected chi connectivity index (χ4v) is 3.68. The third kappa shape index (κ3) is 5.56. The van der Waals surface area contributed by atoms with E-state index >= 15 is 0 Å². The Bertz CT molecular complexity index is 871. The van der Waals surface area contributed by atoms with E-state index in [1.165, 1.54) is 0 Å². The predicted octanol–water partition coefficient (Wildman–Crippen LogP) is 2.32. The van der Waals surface area contributed by atoms with Crippen LogP contribution >= 0.6 is 0 Å². The van der Waals surface area contributed by atoms with Crippen LogP contribution in [0.25, 0.3) is 0 Å². The van der Waals surface area contributed by atoms with Gasteiger partial charge in [-0.3, -0.25) is 9.59 Å². The lowest BCUT2D eigenvalue weighted by Crippen LogP contribution is -2.50. The van der Waals surface area contributed by atoms with Crippen LogP contribution in [-0.4, -0.2) is 70.6 Å². The monoisotopic (exact) mass is 427 g/mol. The number of rotatable bonds is 6. The lowest BCUT2D eigenvalue weighted by molar-refractivity contribution is -0.132. The number of hydrogen-bond acceptors (Lipinski definition) is 5. The van der Waals surface area contributed by atoms with Gasteiger partial charge in [-0.15, -0.1) is 0 Å². The fourth-order valence-electron chi connectivity index (χ4n) is 3.68. The summed E-state index contributed by atoms with van der Waals surface area (Å²) >= 11 is 0. The van der Waals surface area contributed by atoms with E-state index in [4.69, 9.17) is 4.74 Å². The van der Waals surface area contributed by atoms with E-state index in [1.807, 2.05) is 13.8 Å². The minimum Gasteiger partial charge on any atom is -0.472 e. The maximum absolute atomic E-state index is 13.3. The maximum Gasteiger partial charge on any atom is 0.259 e. The minimum atomic E-state index is -0.345. The van der Waals surface area contributed by atoms with Crippen molar-refractivity contribution in [3.8, 4) is 17.7 Å². The smallest absolute Gasteiger partial charge is 0.259 e. The summed E-state index contributed by atoms with van der Waals surface area (Å²) in [7, 11) is 1.80. The zero-order valence-electron chi connectivity index (χ0n) is 18.9. The van der Waals surface area contributed by atoms with Crippen molar-refractivity contribution >= 4 is 11.8 Å². The van der Waals surface area contributed by atoms with Crippen LogP contribution in [0.3, 0.4) is 0 Å². The van der Waals surface area contributed by atoms with Crippen molar-refractivity contribution in [1.29, 1.82) is 0 Å². The highest BCUT2D eigenvalue weighted by molar-refractivity contribution is 5.97. The van der Waals surface area contributed by atoms with E-state index in [9.17, 15) is 14.7 Å². The molecule has 0 saturated heterocycles. The lowest BCUT2D eigenvalue weighted by Gasteiger charge is -2.37. The summed E-state index contributed by atoms with van der Waals surface area (Å²) in [5, 5.41) is 9.74. The van der Waals surface area contributed by atoms with E-state index < -0.39 is 0 Å². The zero-order chi connectivity index (χ0) is 22.5. The second-order valence-electron chi connectivity index (χ2n) is 8.74. The Labute approximate surface area is 184 Å². The number of aliphatic hydroxyl groups excluding tert-OH is 1. The quantitative estimate of drug-likeness (QED) is 0.705. The molecule has 2 aliphatic rings. The fraction of sp³-hybridized carbons (Fsp3) is 0.625. The molecule has 0 unspecified atom stereocenters. The highest BCUT2D eigenvalue weighted by atomic mass is 16.5. The number of fused-ring (bicyclic) bond motifs is 1. The van der Waals surface area contributed by atoms with Gasteiger partial charge in [-0.1, -0.05) is 25.7 Å².